The molecule has 0 saturated heterocycles. The highest BCUT2D eigenvalue weighted by Gasteiger charge is 2.06. The van der Waals surface area contributed by atoms with Gasteiger partial charge in [-0.25, -0.2) is 0 Å². The van der Waals surface area contributed by atoms with Gasteiger partial charge in [0, 0.05) is 18.4 Å². The van der Waals surface area contributed by atoms with Crippen molar-refractivity contribution in [3.05, 3.63) is 23.0 Å². The summed E-state index contributed by atoms with van der Waals surface area (Å²) in [6, 6.07) is 0. The van der Waals surface area contributed by atoms with E-state index in [1.54, 1.807) is 0 Å². The van der Waals surface area contributed by atoms with Crippen molar-refractivity contribution in [2.45, 2.75) is 40.3 Å². The molecule has 12 heavy (non-hydrogen) atoms. The molecule has 0 radical (unpaired) electrons. The Morgan fingerprint density at radius 2 is 2.00 bits per heavy atom. The quantitative estimate of drug-likeness (QED) is 0.713. The minimum absolute atomic E-state index is 0.269. The van der Waals surface area contributed by atoms with Crippen LogP contribution in [0.3, 0.4) is 0 Å². The molecule has 1 atom stereocenters. The van der Waals surface area contributed by atoms with E-state index in [0.717, 1.165) is 0 Å². The minimum atomic E-state index is -0.269. The van der Waals surface area contributed by atoms with Gasteiger partial charge in [0.05, 0.1) is 6.10 Å². The fourth-order valence-electron chi connectivity index (χ4n) is 1.40. The SMILES string of the molecule is Cc1cn(CC(C)O)c(C)c1C. The van der Waals surface area contributed by atoms with Crippen molar-refractivity contribution < 1.29 is 5.11 Å². The number of hydrogen-bond acceptors (Lipinski definition) is 1. The van der Waals surface area contributed by atoms with Gasteiger partial charge in [-0.3, -0.25) is 0 Å². The maximum atomic E-state index is 9.21. The summed E-state index contributed by atoms with van der Waals surface area (Å²) in [5.74, 6) is 0. The molecule has 0 aliphatic carbocycles. The smallest absolute Gasteiger partial charge is 0.0690 e. The van der Waals surface area contributed by atoms with Gasteiger partial charge < -0.3 is 9.67 Å². The maximum Gasteiger partial charge on any atom is 0.0690 e. The van der Waals surface area contributed by atoms with E-state index in [1.165, 1.54) is 16.8 Å². The van der Waals surface area contributed by atoms with Gasteiger partial charge in [-0.15, -0.1) is 0 Å². The normalized spacial score (nSPS) is 13.4. The lowest BCUT2D eigenvalue weighted by Gasteiger charge is -2.08. The highest BCUT2D eigenvalue weighted by Crippen LogP contribution is 2.14. The van der Waals surface area contributed by atoms with Crippen LogP contribution in [0.4, 0.5) is 0 Å². The first-order valence-corrected chi connectivity index (χ1v) is 4.33. The van der Waals surface area contributed by atoms with E-state index in [9.17, 15) is 5.11 Å². The molecule has 0 aliphatic heterocycles. The van der Waals surface area contributed by atoms with E-state index in [1.807, 2.05) is 6.92 Å². The third kappa shape index (κ3) is 1.69. The van der Waals surface area contributed by atoms with Crippen LogP contribution in [-0.2, 0) is 6.54 Å². The number of rotatable bonds is 2. The van der Waals surface area contributed by atoms with Crippen LogP contribution in [0.1, 0.15) is 23.7 Å². The van der Waals surface area contributed by atoms with Gasteiger partial charge in [0.25, 0.3) is 0 Å². The standard InChI is InChI=1S/C10H17NO/c1-7-5-11(6-8(2)12)10(4)9(7)3/h5,8,12H,6H2,1-4H3. The van der Waals surface area contributed by atoms with Crippen LogP contribution in [0, 0.1) is 20.8 Å². The molecule has 0 bridgehead atoms. The molecule has 0 aliphatic rings. The number of nitrogens with zero attached hydrogens (tertiary/aromatic N) is 1. The summed E-state index contributed by atoms with van der Waals surface area (Å²) in [5, 5.41) is 9.21. The van der Waals surface area contributed by atoms with Crippen molar-refractivity contribution in [2.24, 2.45) is 0 Å². The second-order valence-corrected chi connectivity index (χ2v) is 3.52. The Balaban J connectivity index is 2.93. The summed E-state index contributed by atoms with van der Waals surface area (Å²) >= 11 is 0. The number of hydrogen-bond donors (Lipinski definition) is 1. The zero-order valence-electron chi connectivity index (χ0n) is 8.26. The molecular weight excluding hydrogens is 150 g/mol. The fourth-order valence-corrected chi connectivity index (χ4v) is 1.40. The van der Waals surface area contributed by atoms with Gasteiger partial charge in [0.15, 0.2) is 0 Å². The lowest BCUT2D eigenvalue weighted by atomic mass is 10.2. The molecule has 0 saturated carbocycles. The Labute approximate surface area is 73.8 Å². The first-order valence-electron chi connectivity index (χ1n) is 4.33. The molecule has 0 fully saturated rings. The van der Waals surface area contributed by atoms with Crippen molar-refractivity contribution in [1.82, 2.24) is 4.57 Å². The van der Waals surface area contributed by atoms with Crippen LogP contribution in [0.25, 0.3) is 0 Å². The second-order valence-electron chi connectivity index (χ2n) is 3.52. The third-order valence-electron chi connectivity index (χ3n) is 2.38. The number of aromatic nitrogens is 1. The summed E-state index contributed by atoms with van der Waals surface area (Å²) in [6.07, 6.45) is 1.83. The van der Waals surface area contributed by atoms with E-state index in [4.69, 9.17) is 0 Å². The summed E-state index contributed by atoms with van der Waals surface area (Å²) in [6.45, 7) is 8.80. The van der Waals surface area contributed by atoms with E-state index in [2.05, 4.69) is 31.5 Å². The van der Waals surface area contributed by atoms with Gasteiger partial charge in [-0.2, -0.15) is 0 Å². The van der Waals surface area contributed by atoms with Crippen molar-refractivity contribution >= 4 is 0 Å². The van der Waals surface area contributed by atoms with E-state index in [-0.39, 0.29) is 6.10 Å². The Hall–Kier alpha value is -0.760. The average molecular weight is 167 g/mol. The first-order chi connectivity index (χ1) is 5.52. The molecule has 68 valence electrons. The van der Waals surface area contributed by atoms with Gasteiger partial charge in [0.2, 0.25) is 0 Å². The summed E-state index contributed by atoms with van der Waals surface area (Å²) in [7, 11) is 0. The summed E-state index contributed by atoms with van der Waals surface area (Å²) < 4.78 is 2.11. The molecular formula is C10H17NO. The molecule has 1 rings (SSSR count). The van der Waals surface area contributed by atoms with Gasteiger partial charge >= 0.3 is 0 Å². The van der Waals surface area contributed by atoms with Crippen LogP contribution in [-0.4, -0.2) is 15.8 Å². The molecule has 0 aromatic carbocycles. The molecule has 1 aromatic heterocycles. The number of aliphatic hydroxyl groups excluding tert-OH is 1. The number of aryl methyl sites for hydroxylation is 1. The van der Waals surface area contributed by atoms with E-state index < -0.39 is 0 Å². The van der Waals surface area contributed by atoms with Crippen molar-refractivity contribution in [3.8, 4) is 0 Å². The van der Waals surface area contributed by atoms with Crippen LogP contribution >= 0.6 is 0 Å². The lowest BCUT2D eigenvalue weighted by Crippen LogP contribution is -2.11. The molecule has 1 aromatic rings. The monoisotopic (exact) mass is 167 g/mol. The predicted molar refractivity (Wildman–Crippen MR) is 50.3 cm³/mol. The van der Waals surface area contributed by atoms with Crippen molar-refractivity contribution in [3.63, 3.8) is 0 Å². The van der Waals surface area contributed by atoms with Crippen LogP contribution in [0.5, 0.6) is 0 Å². The molecule has 0 amide bonds. The Morgan fingerprint density at radius 3 is 2.33 bits per heavy atom. The highest BCUT2D eigenvalue weighted by atomic mass is 16.3. The topological polar surface area (TPSA) is 25.2 Å². The lowest BCUT2D eigenvalue weighted by molar-refractivity contribution is 0.173. The molecule has 0 spiro atoms. The maximum absolute atomic E-state index is 9.21. The largest absolute Gasteiger partial charge is 0.392 e. The fraction of sp³-hybridized carbons (Fsp3) is 0.600. The van der Waals surface area contributed by atoms with Crippen LogP contribution in [0.2, 0.25) is 0 Å². The summed E-state index contributed by atoms with van der Waals surface area (Å²) in [4.78, 5) is 0. The molecule has 1 heterocycles. The van der Waals surface area contributed by atoms with Gasteiger partial charge in [-0.1, -0.05) is 0 Å². The van der Waals surface area contributed by atoms with Crippen LogP contribution in [0.15, 0.2) is 6.20 Å². The molecule has 1 unspecified atom stereocenters. The highest BCUT2D eigenvalue weighted by molar-refractivity contribution is 5.28. The molecule has 2 heteroatoms. The van der Waals surface area contributed by atoms with Gasteiger partial charge in [0.1, 0.15) is 0 Å². The zero-order chi connectivity index (χ0) is 9.30. The minimum Gasteiger partial charge on any atom is -0.392 e. The molecule has 1 N–H and O–H groups in total. The van der Waals surface area contributed by atoms with Crippen molar-refractivity contribution in [1.29, 1.82) is 0 Å². The molecule has 2 nitrogen and oxygen atoms in total. The Kier molecular flexibility index (Phi) is 2.58. The van der Waals surface area contributed by atoms with Gasteiger partial charge in [-0.05, 0) is 38.8 Å². The average Bonchev–Trinajstić information content (AvgIpc) is 2.17. The summed E-state index contributed by atoms with van der Waals surface area (Å²) in [5.41, 5.74) is 3.89. The zero-order valence-corrected chi connectivity index (χ0v) is 8.26. The van der Waals surface area contributed by atoms with E-state index >= 15 is 0 Å². The number of aliphatic hydroxyl groups is 1. The van der Waals surface area contributed by atoms with E-state index in [0.29, 0.717) is 6.54 Å². The predicted octanol–water partition coefficient (Wildman–Crippen LogP) is 1.79. The Morgan fingerprint density at radius 1 is 1.42 bits per heavy atom. The first kappa shape index (κ1) is 9.33. The second kappa shape index (κ2) is 3.31. The van der Waals surface area contributed by atoms with Crippen molar-refractivity contribution in [2.75, 3.05) is 0 Å². The van der Waals surface area contributed by atoms with Crippen LogP contribution < -0.4 is 0 Å². The Bertz CT molecular complexity index is 274. The third-order valence-corrected chi connectivity index (χ3v) is 2.38.